The Bertz CT molecular complexity index is 1090. The second-order valence-corrected chi connectivity index (χ2v) is 7.03. The van der Waals surface area contributed by atoms with Crippen LogP contribution in [0.2, 0.25) is 0 Å². The Morgan fingerprint density at radius 2 is 1.80 bits per heavy atom. The molecule has 0 atom stereocenters. The van der Waals surface area contributed by atoms with Gasteiger partial charge in [0.15, 0.2) is 5.82 Å². The Morgan fingerprint density at radius 3 is 2.53 bits per heavy atom. The molecule has 0 saturated heterocycles. The van der Waals surface area contributed by atoms with Gasteiger partial charge in [-0.1, -0.05) is 49.4 Å². The first kappa shape index (κ1) is 19.5. The van der Waals surface area contributed by atoms with Gasteiger partial charge in [-0.2, -0.15) is 0 Å². The number of pyridine rings is 1. The number of nitrogens with zero attached hydrogens (tertiary/aromatic N) is 3. The van der Waals surface area contributed by atoms with Crippen molar-refractivity contribution in [3.05, 3.63) is 84.1 Å². The summed E-state index contributed by atoms with van der Waals surface area (Å²) in [7, 11) is 0. The molecule has 0 radical (unpaired) electrons. The normalized spacial score (nSPS) is 13.3. The summed E-state index contributed by atoms with van der Waals surface area (Å²) in [6.45, 7) is 1.97. The molecular formula is C24H22N4O2. The van der Waals surface area contributed by atoms with Crippen LogP contribution in [0.1, 0.15) is 24.5 Å². The van der Waals surface area contributed by atoms with Crippen molar-refractivity contribution in [1.29, 1.82) is 0 Å². The van der Waals surface area contributed by atoms with Crippen molar-refractivity contribution in [2.75, 3.05) is 16.8 Å². The van der Waals surface area contributed by atoms with Gasteiger partial charge in [-0.25, -0.2) is 9.98 Å². The molecule has 6 nitrogen and oxygen atoms in total. The highest BCUT2D eigenvalue weighted by molar-refractivity contribution is 6.18. The number of hydrogen-bond donors (Lipinski definition) is 1. The molecule has 1 aromatic heterocycles. The Labute approximate surface area is 175 Å². The fraction of sp³-hybridized carbons (Fsp3) is 0.167. The molecule has 0 bridgehead atoms. The number of amides is 2. The molecule has 2 heterocycles. The monoisotopic (exact) mass is 398 g/mol. The minimum absolute atomic E-state index is 0.0977. The number of carbonyl (C=O) groups excluding carboxylic acids is 2. The van der Waals surface area contributed by atoms with E-state index < -0.39 is 0 Å². The fourth-order valence-corrected chi connectivity index (χ4v) is 3.35. The summed E-state index contributed by atoms with van der Waals surface area (Å²) in [5.41, 5.74) is 4.04. The van der Waals surface area contributed by atoms with E-state index in [1.807, 2.05) is 48.5 Å². The first-order valence-corrected chi connectivity index (χ1v) is 9.91. The van der Waals surface area contributed by atoms with E-state index in [1.165, 1.54) is 10.5 Å². The van der Waals surface area contributed by atoms with Crippen LogP contribution < -0.4 is 10.2 Å². The first-order valence-electron chi connectivity index (χ1n) is 9.91. The van der Waals surface area contributed by atoms with Crippen LogP contribution in [0, 0.1) is 0 Å². The first-order chi connectivity index (χ1) is 14.6. The van der Waals surface area contributed by atoms with Gasteiger partial charge in [-0.3, -0.25) is 14.5 Å². The Hall–Kier alpha value is -3.80. The zero-order valence-electron chi connectivity index (χ0n) is 16.7. The average Bonchev–Trinajstić information content (AvgIpc) is 2.91. The van der Waals surface area contributed by atoms with E-state index in [-0.39, 0.29) is 24.8 Å². The summed E-state index contributed by atoms with van der Waals surface area (Å²) in [6.07, 6.45) is 2.65. The predicted molar refractivity (Wildman–Crippen MR) is 118 cm³/mol. The highest BCUT2D eigenvalue weighted by Crippen LogP contribution is 2.30. The molecular weight excluding hydrogens is 376 g/mol. The minimum Gasteiger partial charge on any atom is -0.325 e. The number of carbonyl (C=O) groups is 2. The fourth-order valence-electron chi connectivity index (χ4n) is 3.35. The van der Waals surface area contributed by atoms with Gasteiger partial charge in [0.1, 0.15) is 12.2 Å². The molecule has 2 aromatic carbocycles. The SMILES string of the molecule is CCc1ccc(C2=Nc3cccnc3N(CC(=O)Nc3ccccc3)C(=O)C2)cc1. The summed E-state index contributed by atoms with van der Waals surface area (Å²) >= 11 is 0. The van der Waals surface area contributed by atoms with E-state index in [2.05, 4.69) is 17.2 Å². The summed E-state index contributed by atoms with van der Waals surface area (Å²) in [5.74, 6) is -0.109. The second kappa shape index (κ2) is 8.69. The van der Waals surface area contributed by atoms with Gasteiger partial charge >= 0.3 is 0 Å². The van der Waals surface area contributed by atoms with Gasteiger partial charge < -0.3 is 5.32 Å². The maximum absolute atomic E-state index is 13.1. The lowest BCUT2D eigenvalue weighted by molar-refractivity contribution is -0.120. The lowest BCUT2D eigenvalue weighted by Gasteiger charge is -2.20. The third-order valence-corrected chi connectivity index (χ3v) is 4.95. The third kappa shape index (κ3) is 4.27. The predicted octanol–water partition coefficient (Wildman–Crippen LogP) is 4.14. The summed E-state index contributed by atoms with van der Waals surface area (Å²) in [5, 5.41) is 2.82. The van der Waals surface area contributed by atoms with Crippen molar-refractivity contribution >= 4 is 34.7 Å². The van der Waals surface area contributed by atoms with E-state index in [4.69, 9.17) is 4.99 Å². The van der Waals surface area contributed by atoms with Crippen LogP contribution in [-0.2, 0) is 16.0 Å². The minimum atomic E-state index is -0.290. The lowest BCUT2D eigenvalue weighted by atomic mass is 10.0. The van der Waals surface area contributed by atoms with Crippen molar-refractivity contribution in [2.24, 2.45) is 4.99 Å². The van der Waals surface area contributed by atoms with Crippen molar-refractivity contribution < 1.29 is 9.59 Å². The average molecular weight is 398 g/mol. The highest BCUT2D eigenvalue weighted by atomic mass is 16.2. The van der Waals surface area contributed by atoms with E-state index in [0.717, 1.165) is 12.0 Å². The van der Waals surface area contributed by atoms with Crippen LogP contribution in [0.15, 0.2) is 77.9 Å². The lowest BCUT2D eigenvalue weighted by Crippen LogP contribution is -2.38. The number of para-hydroxylation sites is 1. The maximum Gasteiger partial charge on any atom is 0.244 e. The standard InChI is InChI=1S/C24H22N4O2/c1-2-17-10-12-18(13-11-17)21-15-23(30)28(24-20(27-21)9-6-14-25-24)16-22(29)26-19-7-4-3-5-8-19/h3-14H,2,15-16H2,1H3,(H,26,29). The Balaban J connectivity index is 1.61. The highest BCUT2D eigenvalue weighted by Gasteiger charge is 2.27. The summed E-state index contributed by atoms with van der Waals surface area (Å²) in [6, 6.07) is 20.8. The third-order valence-electron chi connectivity index (χ3n) is 4.95. The molecule has 0 spiro atoms. The number of benzene rings is 2. The van der Waals surface area contributed by atoms with Crippen LogP contribution in [0.3, 0.4) is 0 Å². The number of fused-ring (bicyclic) bond motifs is 1. The number of anilines is 2. The number of aromatic nitrogens is 1. The van der Waals surface area contributed by atoms with E-state index in [1.54, 1.807) is 24.4 Å². The topological polar surface area (TPSA) is 74.7 Å². The number of aryl methyl sites for hydroxylation is 1. The quantitative estimate of drug-likeness (QED) is 0.702. The molecule has 0 unspecified atom stereocenters. The molecule has 0 fully saturated rings. The number of aliphatic imine (C=N–C) groups is 1. The smallest absolute Gasteiger partial charge is 0.244 e. The van der Waals surface area contributed by atoms with E-state index in [0.29, 0.717) is 22.9 Å². The molecule has 0 aliphatic carbocycles. The zero-order chi connectivity index (χ0) is 20.9. The molecule has 2 amide bonds. The molecule has 1 aliphatic heterocycles. The molecule has 1 aliphatic rings. The van der Waals surface area contributed by atoms with Crippen molar-refractivity contribution in [2.45, 2.75) is 19.8 Å². The van der Waals surface area contributed by atoms with Crippen molar-refractivity contribution in [3.63, 3.8) is 0 Å². The maximum atomic E-state index is 13.1. The van der Waals surface area contributed by atoms with Crippen LogP contribution in [0.4, 0.5) is 17.2 Å². The van der Waals surface area contributed by atoms with Crippen molar-refractivity contribution in [1.82, 2.24) is 4.98 Å². The summed E-state index contributed by atoms with van der Waals surface area (Å²) < 4.78 is 0. The molecule has 0 saturated carbocycles. The van der Waals surface area contributed by atoms with E-state index >= 15 is 0 Å². The van der Waals surface area contributed by atoms with Gasteiger partial charge in [0, 0.05) is 11.9 Å². The van der Waals surface area contributed by atoms with Crippen LogP contribution in [0.5, 0.6) is 0 Å². The van der Waals surface area contributed by atoms with Gasteiger partial charge in [-0.15, -0.1) is 0 Å². The molecule has 4 rings (SSSR count). The van der Waals surface area contributed by atoms with Gasteiger partial charge in [0.25, 0.3) is 0 Å². The summed E-state index contributed by atoms with van der Waals surface area (Å²) in [4.78, 5) is 36.2. The molecule has 6 heteroatoms. The van der Waals surface area contributed by atoms with Crippen molar-refractivity contribution in [3.8, 4) is 0 Å². The van der Waals surface area contributed by atoms with Gasteiger partial charge in [0.2, 0.25) is 11.8 Å². The van der Waals surface area contributed by atoms with Crippen LogP contribution in [-0.4, -0.2) is 29.1 Å². The molecule has 3 aromatic rings. The molecule has 30 heavy (non-hydrogen) atoms. The van der Waals surface area contributed by atoms with Gasteiger partial charge in [-0.05, 0) is 41.8 Å². The van der Waals surface area contributed by atoms with Crippen LogP contribution >= 0.6 is 0 Å². The van der Waals surface area contributed by atoms with E-state index in [9.17, 15) is 9.59 Å². The molecule has 1 N–H and O–H groups in total. The molecule has 150 valence electrons. The second-order valence-electron chi connectivity index (χ2n) is 7.03. The largest absolute Gasteiger partial charge is 0.325 e. The Morgan fingerprint density at radius 1 is 1.03 bits per heavy atom. The van der Waals surface area contributed by atoms with Crippen LogP contribution in [0.25, 0.3) is 0 Å². The Kier molecular flexibility index (Phi) is 5.66. The zero-order valence-corrected chi connectivity index (χ0v) is 16.7. The number of hydrogen-bond acceptors (Lipinski definition) is 4. The van der Waals surface area contributed by atoms with Gasteiger partial charge in [0.05, 0.1) is 12.1 Å². The number of nitrogens with one attached hydrogen (secondary N) is 1. The number of rotatable bonds is 5.